The van der Waals surface area contributed by atoms with Gasteiger partial charge in [0.05, 0.1) is 5.52 Å². The molecule has 1 aromatic heterocycles. The van der Waals surface area contributed by atoms with Crippen molar-refractivity contribution in [3.63, 3.8) is 0 Å². The number of para-hydroxylation sites is 1. The molecule has 0 saturated carbocycles. The van der Waals surface area contributed by atoms with Gasteiger partial charge in [0.15, 0.2) is 0 Å². The van der Waals surface area contributed by atoms with Crippen LogP contribution >= 0.6 is 0 Å². The number of carboxylic acids is 1. The summed E-state index contributed by atoms with van der Waals surface area (Å²) in [4.78, 5) is 14.6. The number of hydrogen-bond acceptors (Lipinski definition) is 3. The summed E-state index contributed by atoms with van der Waals surface area (Å²) in [5.41, 5.74) is 1.56. The predicted octanol–water partition coefficient (Wildman–Crippen LogP) is -2.47. The Morgan fingerprint density at radius 1 is 1.27 bits per heavy atom. The summed E-state index contributed by atoms with van der Waals surface area (Å²) in [6, 6.07) is 9.16. The van der Waals surface area contributed by atoms with E-state index in [0.717, 1.165) is 16.5 Å². The summed E-state index contributed by atoms with van der Waals surface area (Å²) in [6.07, 6.45) is 1.55. The molecule has 0 spiro atoms. The third-order valence-corrected chi connectivity index (χ3v) is 2.07. The van der Waals surface area contributed by atoms with Gasteiger partial charge in [-0.1, -0.05) is 18.2 Å². The van der Waals surface area contributed by atoms with E-state index in [9.17, 15) is 9.90 Å². The average molecular weight is 209 g/mol. The molecule has 3 nitrogen and oxygen atoms in total. The van der Waals surface area contributed by atoms with Gasteiger partial charge < -0.3 is 9.90 Å². The third kappa shape index (κ3) is 2.78. The standard InChI is InChI=1S/C11H9NO2.Na/c13-11(14)7-8-5-6-12-10-4-2-1-3-9(8)10;/h1-6H,7H2,(H,13,14);/q;+1/p-1. The number of hydrogen-bond donors (Lipinski definition) is 0. The van der Waals surface area contributed by atoms with Crippen LogP contribution in [0.1, 0.15) is 5.56 Å². The molecule has 0 aliphatic heterocycles. The second kappa shape index (κ2) is 5.26. The molecule has 1 heterocycles. The molecule has 0 radical (unpaired) electrons. The van der Waals surface area contributed by atoms with Crippen molar-refractivity contribution in [3.05, 3.63) is 42.1 Å². The van der Waals surface area contributed by atoms with Crippen molar-refractivity contribution >= 4 is 16.9 Å². The van der Waals surface area contributed by atoms with Crippen LogP contribution in [-0.2, 0) is 11.2 Å². The number of pyridine rings is 1. The molecule has 0 saturated heterocycles. The molecule has 0 unspecified atom stereocenters. The molecule has 0 bridgehead atoms. The summed E-state index contributed by atoms with van der Waals surface area (Å²) in [5, 5.41) is 11.4. The van der Waals surface area contributed by atoms with Gasteiger partial charge >= 0.3 is 29.6 Å². The van der Waals surface area contributed by atoms with E-state index in [1.807, 2.05) is 24.3 Å². The molecule has 0 aliphatic rings. The van der Waals surface area contributed by atoms with E-state index in [2.05, 4.69) is 4.98 Å². The maximum atomic E-state index is 10.5. The Labute approximate surface area is 109 Å². The van der Waals surface area contributed by atoms with Crippen molar-refractivity contribution in [3.8, 4) is 0 Å². The van der Waals surface area contributed by atoms with E-state index in [1.54, 1.807) is 12.3 Å². The van der Waals surface area contributed by atoms with Gasteiger partial charge in [-0.15, -0.1) is 0 Å². The summed E-state index contributed by atoms with van der Waals surface area (Å²) in [5.74, 6) is -1.07. The van der Waals surface area contributed by atoms with E-state index in [-0.39, 0.29) is 36.0 Å². The van der Waals surface area contributed by atoms with Crippen LogP contribution < -0.4 is 34.7 Å². The number of benzene rings is 1. The number of rotatable bonds is 2. The molecule has 1 aromatic carbocycles. The Morgan fingerprint density at radius 2 is 2.00 bits per heavy atom. The molecule has 2 aromatic rings. The number of carboxylic acid groups (broad SMARTS) is 1. The summed E-state index contributed by atoms with van der Waals surface area (Å²) >= 11 is 0. The smallest absolute Gasteiger partial charge is 0.550 e. The molecule has 0 aliphatic carbocycles. The monoisotopic (exact) mass is 209 g/mol. The minimum atomic E-state index is -1.07. The first-order valence-corrected chi connectivity index (χ1v) is 4.30. The maximum absolute atomic E-state index is 10.5. The van der Waals surface area contributed by atoms with Gasteiger partial charge in [-0.3, -0.25) is 4.98 Å². The molecule has 0 atom stereocenters. The summed E-state index contributed by atoms with van der Waals surface area (Å²) in [7, 11) is 0. The van der Waals surface area contributed by atoms with Crippen molar-refractivity contribution < 1.29 is 39.5 Å². The van der Waals surface area contributed by atoms with Crippen LogP contribution in [0, 0.1) is 0 Å². The van der Waals surface area contributed by atoms with Crippen molar-refractivity contribution in [1.29, 1.82) is 0 Å². The van der Waals surface area contributed by atoms with E-state index in [1.165, 1.54) is 0 Å². The zero-order valence-electron chi connectivity index (χ0n) is 8.43. The number of aromatic nitrogens is 1. The number of carbonyl (C=O) groups excluding carboxylic acids is 1. The second-order valence-electron chi connectivity index (χ2n) is 3.04. The van der Waals surface area contributed by atoms with E-state index < -0.39 is 5.97 Å². The first kappa shape index (κ1) is 12.2. The Kier molecular flexibility index (Phi) is 4.27. The van der Waals surface area contributed by atoms with Crippen LogP contribution in [-0.4, -0.2) is 11.0 Å². The van der Waals surface area contributed by atoms with Gasteiger partial charge in [0.25, 0.3) is 0 Å². The predicted molar refractivity (Wildman–Crippen MR) is 50.5 cm³/mol. The average Bonchev–Trinajstić information content (AvgIpc) is 2.18. The van der Waals surface area contributed by atoms with Gasteiger partial charge in [-0.25, -0.2) is 0 Å². The van der Waals surface area contributed by atoms with Gasteiger partial charge in [0, 0.05) is 24.0 Å². The van der Waals surface area contributed by atoms with Crippen LogP contribution in [0.2, 0.25) is 0 Å². The molecule has 0 amide bonds. The number of nitrogens with zero attached hydrogens (tertiary/aromatic N) is 1. The fraction of sp³-hybridized carbons (Fsp3) is 0.0909. The zero-order chi connectivity index (χ0) is 9.97. The van der Waals surface area contributed by atoms with Gasteiger partial charge in [-0.05, 0) is 17.7 Å². The van der Waals surface area contributed by atoms with E-state index >= 15 is 0 Å². The second-order valence-corrected chi connectivity index (χ2v) is 3.04. The summed E-state index contributed by atoms with van der Waals surface area (Å²) in [6.45, 7) is 0. The third-order valence-electron chi connectivity index (χ3n) is 2.07. The van der Waals surface area contributed by atoms with Gasteiger partial charge in [0.2, 0.25) is 0 Å². The number of carbonyl (C=O) groups is 1. The molecule has 15 heavy (non-hydrogen) atoms. The van der Waals surface area contributed by atoms with Crippen molar-refractivity contribution in [2.24, 2.45) is 0 Å². The summed E-state index contributed by atoms with van der Waals surface area (Å²) < 4.78 is 0. The molecule has 4 heteroatoms. The normalized spacial score (nSPS) is 9.60. The molecule has 0 N–H and O–H groups in total. The molecule has 2 rings (SSSR count). The number of fused-ring (bicyclic) bond motifs is 1. The first-order chi connectivity index (χ1) is 6.77. The molecular weight excluding hydrogens is 201 g/mol. The largest absolute Gasteiger partial charge is 1.00 e. The fourth-order valence-electron chi connectivity index (χ4n) is 1.46. The van der Waals surface area contributed by atoms with Crippen LogP contribution in [0.25, 0.3) is 10.9 Å². The van der Waals surface area contributed by atoms with E-state index in [4.69, 9.17) is 0 Å². The Balaban J connectivity index is 0.00000112. The SMILES string of the molecule is O=C([O-])Cc1ccnc2ccccc12.[Na+]. The van der Waals surface area contributed by atoms with E-state index in [0.29, 0.717) is 0 Å². The van der Waals surface area contributed by atoms with Crippen LogP contribution in [0.3, 0.4) is 0 Å². The quantitative estimate of drug-likeness (QED) is 0.515. The van der Waals surface area contributed by atoms with Gasteiger partial charge in [-0.2, -0.15) is 0 Å². The Hall–Kier alpha value is -0.900. The molecule has 70 valence electrons. The number of aliphatic carboxylic acids is 1. The molecule has 0 fully saturated rings. The Morgan fingerprint density at radius 3 is 2.73 bits per heavy atom. The minimum absolute atomic E-state index is 0. The fourth-order valence-corrected chi connectivity index (χ4v) is 1.46. The first-order valence-electron chi connectivity index (χ1n) is 4.30. The van der Waals surface area contributed by atoms with Crippen LogP contribution in [0.5, 0.6) is 0 Å². The molecular formula is C11H8NNaO2. The van der Waals surface area contributed by atoms with Crippen molar-refractivity contribution in [2.45, 2.75) is 6.42 Å². The van der Waals surface area contributed by atoms with Crippen molar-refractivity contribution in [1.82, 2.24) is 4.98 Å². The minimum Gasteiger partial charge on any atom is -0.550 e. The van der Waals surface area contributed by atoms with Gasteiger partial charge in [0.1, 0.15) is 0 Å². The zero-order valence-corrected chi connectivity index (χ0v) is 10.4. The maximum Gasteiger partial charge on any atom is 1.00 e. The van der Waals surface area contributed by atoms with Crippen molar-refractivity contribution in [2.75, 3.05) is 0 Å². The topological polar surface area (TPSA) is 53.0 Å². The van der Waals surface area contributed by atoms with Crippen LogP contribution in [0.15, 0.2) is 36.5 Å². The Bertz CT molecular complexity index is 479. The van der Waals surface area contributed by atoms with Crippen LogP contribution in [0.4, 0.5) is 0 Å².